The summed E-state index contributed by atoms with van der Waals surface area (Å²) in [6.07, 6.45) is 4.44. The molecule has 26 heavy (non-hydrogen) atoms. The molecule has 0 aliphatic heterocycles. The Hall–Kier alpha value is -2.89. The Morgan fingerprint density at radius 2 is 1.88 bits per heavy atom. The highest BCUT2D eigenvalue weighted by Gasteiger charge is 2.12. The Morgan fingerprint density at radius 1 is 1.15 bits per heavy atom. The van der Waals surface area contributed by atoms with Crippen molar-refractivity contribution in [1.29, 1.82) is 0 Å². The SMILES string of the molecule is CCC(C)NC(=O)c1cncc(C(=O)NCCc2cccc(OC)c2)c1. The van der Waals surface area contributed by atoms with Crippen LogP contribution in [0.25, 0.3) is 0 Å². The van der Waals surface area contributed by atoms with Crippen LogP contribution in [0.4, 0.5) is 0 Å². The fourth-order valence-electron chi connectivity index (χ4n) is 2.35. The topological polar surface area (TPSA) is 80.3 Å². The van der Waals surface area contributed by atoms with Crippen LogP contribution in [0.2, 0.25) is 0 Å². The van der Waals surface area contributed by atoms with E-state index in [1.54, 1.807) is 13.2 Å². The third kappa shape index (κ3) is 5.58. The quantitative estimate of drug-likeness (QED) is 0.763. The fraction of sp³-hybridized carbons (Fsp3) is 0.350. The predicted octanol–water partition coefficient (Wildman–Crippen LogP) is 2.59. The zero-order chi connectivity index (χ0) is 18.9. The minimum Gasteiger partial charge on any atom is -0.497 e. The van der Waals surface area contributed by atoms with Crippen LogP contribution in [0.5, 0.6) is 5.75 Å². The molecule has 1 heterocycles. The second kappa shape index (κ2) is 9.56. The van der Waals surface area contributed by atoms with Crippen LogP contribution < -0.4 is 15.4 Å². The number of nitrogens with zero attached hydrogens (tertiary/aromatic N) is 1. The highest BCUT2D eigenvalue weighted by molar-refractivity contribution is 5.99. The first-order chi connectivity index (χ1) is 12.5. The number of methoxy groups -OCH3 is 1. The number of hydrogen-bond acceptors (Lipinski definition) is 4. The monoisotopic (exact) mass is 355 g/mol. The first kappa shape index (κ1) is 19.4. The molecule has 0 aliphatic carbocycles. The summed E-state index contributed by atoms with van der Waals surface area (Å²) < 4.78 is 5.19. The number of aromatic nitrogens is 1. The van der Waals surface area contributed by atoms with Crippen molar-refractivity contribution in [3.63, 3.8) is 0 Å². The third-order valence-electron chi connectivity index (χ3n) is 4.09. The molecule has 2 amide bonds. The predicted molar refractivity (Wildman–Crippen MR) is 100 cm³/mol. The van der Waals surface area contributed by atoms with Crippen molar-refractivity contribution < 1.29 is 14.3 Å². The van der Waals surface area contributed by atoms with Crippen LogP contribution in [0.3, 0.4) is 0 Å². The van der Waals surface area contributed by atoms with E-state index in [2.05, 4.69) is 15.6 Å². The van der Waals surface area contributed by atoms with E-state index in [0.717, 1.165) is 17.7 Å². The molecule has 0 saturated carbocycles. The van der Waals surface area contributed by atoms with Gasteiger partial charge < -0.3 is 15.4 Å². The Balaban J connectivity index is 1.92. The lowest BCUT2D eigenvalue weighted by Crippen LogP contribution is -2.32. The summed E-state index contributed by atoms with van der Waals surface area (Å²) in [5.41, 5.74) is 1.82. The fourth-order valence-corrected chi connectivity index (χ4v) is 2.35. The van der Waals surface area contributed by atoms with Gasteiger partial charge >= 0.3 is 0 Å². The summed E-state index contributed by atoms with van der Waals surface area (Å²) >= 11 is 0. The minimum absolute atomic E-state index is 0.0721. The standard InChI is InChI=1S/C20H25N3O3/c1-4-14(2)23-20(25)17-11-16(12-21-13-17)19(24)22-9-8-15-6-5-7-18(10-15)26-3/h5-7,10-14H,4,8-9H2,1-3H3,(H,22,24)(H,23,25). The largest absolute Gasteiger partial charge is 0.497 e. The molecule has 6 heteroatoms. The normalized spacial score (nSPS) is 11.5. The number of pyridine rings is 1. The van der Waals surface area contributed by atoms with Crippen molar-refractivity contribution in [3.8, 4) is 5.75 Å². The molecule has 138 valence electrons. The second-order valence-electron chi connectivity index (χ2n) is 6.10. The summed E-state index contributed by atoms with van der Waals surface area (Å²) in [5.74, 6) is 0.314. The van der Waals surface area contributed by atoms with Crippen LogP contribution in [-0.2, 0) is 6.42 Å². The van der Waals surface area contributed by atoms with Crippen LogP contribution in [0.1, 0.15) is 46.5 Å². The lowest BCUT2D eigenvalue weighted by atomic mass is 10.1. The molecule has 2 rings (SSSR count). The number of ether oxygens (including phenoxy) is 1. The molecular formula is C20H25N3O3. The average molecular weight is 355 g/mol. The number of rotatable bonds is 8. The molecule has 1 atom stereocenters. The van der Waals surface area contributed by atoms with Gasteiger partial charge in [-0.2, -0.15) is 0 Å². The Kier molecular flexibility index (Phi) is 7.14. The van der Waals surface area contributed by atoms with Gasteiger partial charge in [0.1, 0.15) is 5.75 Å². The molecule has 1 aromatic heterocycles. The van der Waals surface area contributed by atoms with Gasteiger partial charge in [-0.3, -0.25) is 14.6 Å². The van der Waals surface area contributed by atoms with Crippen molar-refractivity contribution in [2.75, 3.05) is 13.7 Å². The maximum absolute atomic E-state index is 12.3. The van der Waals surface area contributed by atoms with Crippen LogP contribution in [-0.4, -0.2) is 36.5 Å². The molecule has 0 bridgehead atoms. The first-order valence-corrected chi connectivity index (χ1v) is 8.70. The van der Waals surface area contributed by atoms with Crippen LogP contribution in [0, 0.1) is 0 Å². The van der Waals surface area contributed by atoms with E-state index in [9.17, 15) is 9.59 Å². The van der Waals surface area contributed by atoms with E-state index in [4.69, 9.17) is 4.74 Å². The van der Waals surface area contributed by atoms with Crippen molar-refractivity contribution in [1.82, 2.24) is 15.6 Å². The molecule has 2 aromatic rings. The minimum atomic E-state index is -0.251. The molecule has 1 aromatic carbocycles. The van der Waals surface area contributed by atoms with Crippen molar-refractivity contribution in [3.05, 3.63) is 59.4 Å². The van der Waals surface area contributed by atoms with Gasteiger partial charge in [0.25, 0.3) is 11.8 Å². The molecule has 0 spiro atoms. The number of carbonyl (C=O) groups excluding carboxylic acids is 2. The summed E-state index contributed by atoms with van der Waals surface area (Å²) in [7, 11) is 1.62. The van der Waals surface area contributed by atoms with E-state index in [0.29, 0.717) is 24.1 Å². The summed E-state index contributed by atoms with van der Waals surface area (Å²) in [6, 6.07) is 9.35. The Labute approximate surface area is 154 Å². The Bertz CT molecular complexity index is 761. The zero-order valence-corrected chi connectivity index (χ0v) is 15.4. The lowest BCUT2D eigenvalue weighted by Gasteiger charge is -2.11. The smallest absolute Gasteiger partial charge is 0.253 e. The summed E-state index contributed by atoms with van der Waals surface area (Å²) in [4.78, 5) is 28.5. The van der Waals surface area contributed by atoms with Gasteiger partial charge in [-0.25, -0.2) is 0 Å². The molecule has 0 aliphatic rings. The lowest BCUT2D eigenvalue weighted by molar-refractivity contribution is 0.0939. The number of benzene rings is 1. The van der Waals surface area contributed by atoms with Gasteiger partial charge in [0, 0.05) is 25.0 Å². The molecular weight excluding hydrogens is 330 g/mol. The highest BCUT2D eigenvalue weighted by atomic mass is 16.5. The number of amides is 2. The van der Waals surface area contributed by atoms with E-state index in [1.807, 2.05) is 38.1 Å². The van der Waals surface area contributed by atoms with E-state index >= 15 is 0 Å². The number of nitrogens with one attached hydrogen (secondary N) is 2. The molecule has 0 radical (unpaired) electrons. The van der Waals surface area contributed by atoms with Crippen molar-refractivity contribution >= 4 is 11.8 Å². The molecule has 0 fully saturated rings. The molecule has 2 N–H and O–H groups in total. The summed E-state index contributed by atoms with van der Waals surface area (Å²) in [6.45, 7) is 4.41. The molecule has 0 saturated heterocycles. The van der Waals surface area contributed by atoms with Gasteiger partial charge in [-0.15, -0.1) is 0 Å². The molecule has 1 unspecified atom stereocenters. The van der Waals surface area contributed by atoms with Gasteiger partial charge in [-0.05, 0) is 43.5 Å². The first-order valence-electron chi connectivity index (χ1n) is 8.70. The van der Waals surface area contributed by atoms with Gasteiger partial charge in [0.15, 0.2) is 0 Å². The third-order valence-corrected chi connectivity index (χ3v) is 4.09. The zero-order valence-electron chi connectivity index (χ0n) is 15.4. The molecule has 6 nitrogen and oxygen atoms in total. The maximum atomic E-state index is 12.3. The Morgan fingerprint density at radius 3 is 2.58 bits per heavy atom. The average Bonchev–Trinajstić information content (AvgIpc) is 2.68. The van der Waals surface area contributed by atoms with E-state index in [-0.39, 0.29) is 17.9 Å². The van der Waals surface area contributed by atoms with Gasteiger partial charge in [0.05, 0.1) is 18.2 Å². The van der Waals surface area contributed by atoms with E-state index < -0.39 is 0 Å². The van der Waals surface area contributed by atoms with Gasteiger partial charge in [0.2, 0.25) is 0 Å². The van der Waals surface area contributed by atoms with Crippen LogP contribution >= 0.6 is 0 Å². The second-order valence-corrected chi connectivity index (χ2v) is 6.10. The summed E-state index contributed by atoms with van der Waals surface area (Å²) in [5, 5.41) is 5.72. The van der Waals surface area contributed by atoms with E-state index in [1.165, 1.54) is 12.4 Å². The number of carbonyl (C=O) groups is 2. The number of hydrogen-bond donors (Lipinski definition) is 2. The maximum Gasteiger partial charge on any atom is 0.253 e. The van der Waals surface area contributed by atoms with Crippen molar-refractivity contribution in [2.24, 2.45) is 0 Å². The van der Waals surface area contributed by atoms with Gasteiger partial charge in [-0.1, -0.05) is 19.1 Å². The van der Waals surface area contributed by atoms with Crippen molar-refractivity contribution in [2.45, 2.75) is 32.7 Å². The van der Waals surface area contributed by atoms with Crippen LogP contribution in [0.15, 0.2) is 42.7 Å². The highest BCUT2D eigenvalue weighted by Crippen LogP contribution is 2.12.